The Morgan fingerprint density at radius 1 is 1.53 bits per heavy atom. The predicted octanol–water partition coefficient (Wildman–Crippen LogP) is 1.11. The molecule has 0 radical (unpaired) electrons. The minimum absolute atomic E-state index is 0.310. The average molecular weight is 246 g/mol. The number of nitrogens with zero attached hydrogens (tertiary/aromatic N) is 3. The maximum atomic E-state index is 10.9. The van der Waals surface area contributed by atoms with Gasteiger partial charge in [0, 0.05) is 29.3 Å². The second-order valence-corrected chi connectivity index (χ2v) is 5.95. The maximum Gasteiger partial charge on any atom is 0.238 e. The highest BCUT2D eigenvalue weighted by molar-refractivity contribution is 8.13. The number of hydrogen-bond acceptors (Lipinski definition) is 4. The van der Waals surface area contributed by atoms with Gasteiger partial charge in [0.2, 0.25) is 9.05 Å². The molecule has 7 heteroatoms. The van der Waals surface area contributed by atoms with Gasteiger partial charge < -0.3 is 4.40 Å². The molecule has 80 valence electrons. The van der Waals surface area contributed by atoms with Crippen molar-refractivity contribution in [2.45, 2.75) is 12.7 Å². The Morgan fingerprint density at radius 2 is 2.27 bits per heavy atom. The van der Waals surface area contributed by atoms with Crippen molar-refractivity contribution in [1.29, 1.82) is 0 Å². The molecule has 5 nitrogen and oxygen atoms in total. The van der Waals surface area contributed by atoms with E-state index in [2.05, 4.69) is 9.97 Å². The van der Waals surface area contributed by atoms with Gasteiger partial charge in [-0.25, -0.2) is 13.4 Å². The monoisotopic (exact) mass is 245 g/mol. The number of rotatable bonds is 2. The Hall–Kier alpha value is -1.14. The first-order chi connectivity index (χ1) is 6.96. The molecular weight excluding hydrogens is 238 g/mol. The van der Waals surface area contributed by atoms with Gasteiger partial charge in [0.1, 0.15) is 5.75 Å². The summed E-state index contributed by atoms with van der Waals surface area (Å²) in [5, 5.41) is 0. The zero-order valence-corrected chi connectivity index (χ0v) is 9.46. The fraction of sp³-hybridized carbons (Fsp3) is 0.250. The van der Waals surface area contributed by atoms with E-state index < -0.39 is 9.05 Å². The molecule has 2 aromatic heterocycles. The summed E-state index contributed by atoms with van der Waals surface area (Å²) >= 11 is 0. The zero-order chi connectivity index (χ0) is 11.1. The molecule has 0 spiro atoms. The Balaban J connectivity index is 2.60. The summed E-state index contributed by atoms with van der Waals surface area (Å²) < 4.78 is 23.6. The number of aromatic nitrogens is 3. The molecule has 0 N–H and O–H groups in total. The van der Waals surface area contributed by atoms with Gasteiger partial charge in [-0.2, -0.15) is 0 Å². The lowest BCUT2D eigenvalue weighted by Gasteiger charge is -1.99. The van der Waals surface area contributed by atoms with Gasteiger partial charge in [0.05, 0.1) is 11.4 Å². The lowest BCUT2D eigenvalue weighted by molar-refractivity contribution is 0.608. The van der Waals surface area contributed by atoms with E-state index in [1.807, 2.05) is 6.92 Å². The van der Waals surface area contributed by atoms with Crippen molar-refractivity contribution in [3.8, 4) is 0 Å². The minimum Gasteiger partial charge on any atom is -0.304 e. The summed E-state index contributed by atoms with van der Waals surface area (Å²) in [6.07, 6.45) is 5.02. The molecule has 2 heterocycles. The van der Waals surface area contributed by atoms with Crippen molar-refractivity contribution in [3.63, 3.8) is 0 Å². The van der Waals surface area contributed by atoms with Crippen LogP contribution in [0.4, 0.5) is 0 Å². The quantitative estimate of drug-likeness (QED) is 0.744. The zero-order valence-electron chi connectivity index (χ0n) is 7.88. The summed E-state index contributed by atoms with van der Waals surface area (Å²) in [5.74, 6) is -0.310. The van der Waals surface area contributed by atoms with Crippen molar-refractivity contribution >= 4 is 25.4 Å². The van der Waals surface area contributed by atoms with E-state index in [0.717, 1.165) is 5.69 Å². The van der Waals surface area contributed by atoms with E-state index in [9.17, 15) is 8.42 Å². The highest BCUT2D eigenvalue weighted by Crippen LogP contribution is 2.13. The molecule has 0 saturated heterocycles. The molecule has 0 amide bonds. The normalized spacial score (nSPS) is 12.1. The predicted molar refractivity (Wildman–Crippen MR) is 56.2 cm³/mol. The van der Waals surface area contributed by atoms with E-state index in [1.54, 1.807) is 16.8 Å². The van der Waals surface area contributed by atoms with Gasteiger partial charge in [0.15, 0.2) is 5.65 Å². The molecule has 0 aliphatic rings. The number of hydrogen-bond donors (Lipinski definition) is 0. The van der Waals surface area contributed by atoms with Crippen LogP contribution in [0.15, 0.2) is 18.6 Å². The minimum atomic E-state index is -3.60. The fourth-order valence-electron chi connectivity index (χ4n) is 1.36. The van der Waals surface area contributed by atoms with Crippen molar-refractivity contribution in [3.05, 3.63) is 30.0 Å². The Labute approximate surface area is 91.2 Å². The molecule has 0 aromatic carbocycles. The molecule has 0 unspecified atom stereocenters. The van der Waals surface area contributed by atoms with Crippen LogP contribution in [-0.4, -0.2) is 22.8 Å². The first-order valence-corrected chi connectivity index (χ1v) is 6.65. The van der Waals surface area contributed by atoms with Crippen LogP contribution in [0.25, 0.3) is 5.65 Å². The smallest absolute Gasteiger partial charge is 0.238 e. The second kappa shape index (κ2) is 3.46. The number of halogens is 1. The summed E-state index contributed by atoms with van der Waals surface area (Å²) in [5.41, 5.74) is 1.69. The van der Waals surface area contributed by atoms with E-state index in [0.29, 0.717) is 11.3 Å². The van der Waals surface area contributed by atoms with E-state index >= 15 is 0 Å². The Bertz CT molecular complexity index is 605. The third-order valence-electron chi connectivity index (χ3n) is 1.88. The molecule has 0 fully saturated rings. The van der Waals surface area contributed by atoms with Gasteiger partial charge >= 0.3 is 0 Å². The number of aryl methyl sites for hydroxylation is 1. The van der Waals surface area contributed by atoms with Crippen LogP contribution in [0.1, 0.15) is 11.4 Å². The molecule has 0 atom stereocenters. The van der Waals surface area contributed by atoms with E-state index in [4.69, 9.17) is 10.7 Å². The first kappa shape index (κ1) is 10.4. The molecular formula is C8H8ClN3O2S. The lowest BCUT2D eigenvalue weighted by atomic mass is 10.5. The average Bonchev–Trinajstić information content (AvgIpc) is 2.43. The SMILES string of the molecule is Cc1cn2ccnc(CS(=O)(=O)Cl)c2n1. The van der Waals surface area contributed by atoms with Crippen LogP contribution >= 0.6 is 10.7 Å². The largest absolute Gasteiger partial charge is 0.304 e. The Kier molecular flexibility index (Phi) is 2.40. The van der Waals surface area contributed by atoms with Crippen molar-refractivity contribution in [1.82, 2.24) is 14.4 Å². The summed E-state index contributed by atoms with van der Waals surface area (Å²) in [4.78, 5) is 8.13. The van der Waals surface area contributed by atoms with Gasteiger partial charge in [-0.1, -0.05) is 0 Å². The fourth-order valence-corrected chi connectivity index (χ4v) is 2.20. The van der Waals surface area contributed by atoms with Crippen LogP contribution in [0, 0.1) is 6.92 Å². The van der Waals surface area contributed by atoms with E-state index in [-0.39, 0.29) is 5.75 Å². The van der Waals surface area contributed by atoms with Crippen molar-refractivity contribution < 1.29 is 8.42 Å². The maximum absolute atomic E-state index is 10.9. The molecule has 2 aromatic rings. The molecule has 0 saturated carbocycles. The Morgan fingerprint density at radius 3 is 2.93 bits per heavy atom. The highest BCUT2D eigenvalue weighted by Gasteiger charge is 2.13. The van der Waals surface area contributed by atoms with Gasteiger partial charge in [-0.15, -0.1) is 0 Å². The van der Waals surface area contributed by atoms with Crippen molar-refractivity contribution in [2.24, 2.45) is 0 Å². The van der Waals surface area contributed by atoms with Crippen LogP contribution in [0.2, 0.25) is 0 Å². The summed E-state index contributed by atoms with van der Waals surface area (Å²) in [7, 11) is 1.57. The second-order valence-electron chi connectivity index (χ2n) is 3.17. The third-order valence-corrected chi connectivity index (χ3v) is 2.82. The molecule has 0 aliphatic carbocycles. The van der Waals surface area contributed by atoms with Gasteiger partial charge in [-0.3, -0.25) is 4.98 Å². The van der Waals surface area contributed by atoms with Gasteiger partial charge in [0.25, 0.3) is 0 Å². The number of imidazole rings is 1. The molecule has 0 bridgehead atoms. The van der Waals surface area contributed by atoms with Crippen molar-refractivity contribution in [2.75, 3.05) is 0 Å². The standard InChI is InChI=1S/C8H8ClN3O2S/c1-6-4-12-3-2-10-7(8(12)11-6)5-15(9,13)14/h2-4H,5H2,1H3. The van der Waals surface area contributed by atoms with E-state index in [1.165, 1.54) is 6.20 Å². The molecule has 15 heavy (non-hydrogen) atoms. The summed E-state index contributed by atoms with van der Waals surface area (Å²) in [6, 6.07) is 0. The molecule has 0 aliphatic heterocycles. The number of fused-ring (bicyclic) bond motifs is 1. The lowest BCUT2D eigenvalue weighted by Crippen LogP contribution is -2.01. The van der Waals surface area contributed by atoms with Crippen LogP contribution in [-0.2, 0) is 14.8 Å². The molecule has 2 rings (SSSR count). The topological polar surface area (TPSA) is 64.3 Å². The highest BCUT2D eigenvalue weighted by atomic mass is 35.7. The third kappa shape index (κ3) is 2.27. The van der Waals surface area contributed by atoms with Crippen LogP contribution in [0.5, 0.6) is 0 Å². The van der Waals surface area contributed by atoms with Crippen LogP contribution < -0.4 is 0 Å². The first-order valence-electron chi connectivity index (χ1n) is 4.17. The summed E-state index contributed by atoms with van der Waals surface area (Å²) in [6.45, 7) is 1.83. The van der Waals surface area contributed by atoms with Crippen LogP contribution in [0.3, 0.4) is 0 Å². The van der Waals surface area contributed by atoms with Gasteiger partial charge in [-0.05, 0) is 6.92 Å².